The smallest absolute Gasteiger partial charge is 0.142 e. The maximum absolute atomic E-state index is 12.8. The van der Waals surface area contributed by atoms with Gasteiger partial charge in [0.25, 0.3) is 0 Å². The average molecular weight is 424 g/mol. The molecule has 0 amide bonds. The van der Waals surface area contributed by atoms with Crippen molar-refractivity contribution in [2.45, 2.75) is 31.8 Å². The molecule has 1 aromatic carbocycles. The van der Waals surface area contributed by atoms with Gasteiger partial charge in [0.05, 0.1) is 0 Å². The van der Waals surface area contributed by atoms with Crippen LogP contribution in [0, 0.1) is 14.9 Å². The Kier molecular flexibility index (Phi) is 4.82. The Labute approximate surface area is 140 Å². The summed E-state index contributed by atoms with van der Waals surface area (Å²) in [6.45, 7) is 8.30. The third-order valence-electron chi connectivity index (χ3n) is 4.17. The summed E-state index contributed by atoms with van der Waals surface area (Å²) in [5, 5.41) is 0. The van der Waals surface area contributed by atoms with Gasteiger partial charge in [-0.25, -0.2) is 0 Å². The van der Waals surface area contributed by atoms with Gasteiger partial charge in [-0.3, -0.25) is 8.42 Å². The molecule has 1 aliphatic heterocycles. The Balaban J connectivity index is 2.36. The van der Waals surface area contributed by atoms with Crippen LogP contribution in [0.1, 0.15) is 33.3 Å². The third-order valence-corrected chi connectivity index (χ3v) is 9.62. The largest absolute Gasteiger partial charge is 0.258 e. The first-order chi connectivity index (χ1) is 9.15. The van der Waals surface area contributed by atoms with Crippen molar-refractivity contribution in [1.29, 1.82) is 0 Å². The molecule has 1 heterocycles. The summed E-state index contributed by atoms with van der Waals surface area (Å²) in [6, 6.07) is 7.92. The fourth-order valence-corrected chi connectivity index (χ4v) is 7.50. The van der Waals surface area contributed by atoms with Gasteiger partial charge in [-0.2, -0.15) is 0 Å². The minimum absolute atomic E-state index is 0.0543. The lowest BCUT2D eigenvalue weighted by molar-refractivity contribution is 0.287. The molecule has 2 rings (SSSR count). The van der Waals surface area contributed by atoms with Gasteiger partial charge in [0.2, 0.25) is 0 Å². The Hall–Kier alpha value is 0.250. The van der Waals surface area contributed by atoms with E-state index in [-0.39, 0.29) is 11.3 Å². The lowest BCUT2D eigenvalue weighted by Crippen LogP contribution is -2.47. The molecule has 5 heteroatoms. The highest BCUT2D eigenvalue weighted by atomic mass is 127. The number of rotatable bonds is 1. The fraction of sp³-hybridized carbons (Fsp3) is 0.600. The van der Waals surface area contributed by atoms with E-state index in [2.05, 4.69) is 43.4 Å². The van der Waals surface area contributed by atoms with E-state index in [1.54, 1.807) is 0 Å². The predicted octanol–water partition coefficient (Wildman–Crippen LogP) is 3.64. The van der Waals surface area contributed by atoms with E-state index >= 15 is 0 Å². The zero-order chi connectivity index (χ0) is 15.1. The predicted molar refractivity (Wildman–Crippen MR) is 95.5 cm³/mol. The van der Waals surface area contributed by atoms with Crippen molar-refractivity contribution >= 4 is 44.2 Å². The third kappa shape index (κ3) is 3.04. The summed E-state index contributed by atoms with van der Waals surface area (Å²) < 4.78 is 26.0. The molecular formula is C15H21IO2S2. The summed E-state index contributed by atoms with van der Waals surface area (Å²) in [4.78, 5) is 0. The van der Waals surface area contributed by atoms with Gasteiger partial charge < -0.3 is 0 Å². The Morgan fingerprint density at radius 2 is 1.55 bits per heavy atom. The van der Waals surface area contributed by atoms with E-state index < -0.39 is 25.7 Å². The standard InChI is InChI=1S/C15H21IO2S2/c1-14(2,3)12-9-19(17)15(4,20(18)10-12)11-5-7-13(16)8-6-11/h5-8,12H,9-10H2,1-4H3. The van der Waals surface area contributed by atoms with Crippen LogP contribution in [0.25, 0.3) is 0 Å². The molecule has 0 bridgehead atoms. The van der Waals surface area contributed by atoms with Gasteiger partial charge in [0.1, 0.15) is 4.08 Å². The van der Waals surface area contributed by atoms with Crippen LogP contribution < -0.4 is 0 Å². The molecule has 112 valence electrons. The topological polar surface area (TPSA) is 34.1 Å². The van der Waals surface area contributed by atoms with Crippen molar-refractivity contribution in [3.8, 4) is 0 Å². The summed E-state index contributed by atoms with van der Waals surface area (Å²) in [5.41, 5.74) is 0.987. The number of hydrogen-bond acceptors (Lipinski definition) is 2. The van der Waals surface area contributed by atoms with Gasteiger partial charge in [-0.1, -0.05) is 32.9 Å². The second-order valence-electron chi connectivity index (χ2n) is 6.54. The molecule has 0 radical (unpaired) electrons. The van der Waals surface area contributed by atoms with E-state index in [1.807, 2.05) is 31.2 Å². The van der Waals surface area contributed by atoms with Crippen LogP contribution in [0.4, 0.5) is 0 Å². The summed E-state index contributed by atoms with van der Waals surface area (Å²) in [7, 11) is -2.22. The molecule has 0 aliphatic carbocycles. The minimum Gasteiger partial charge on any atom is -0.258 e. The van der Waals surface area contributed by atoms with Crippen molar-refractivity contribution in [3.63, 3.8) is 0 Å². The molecule has 20 heavy (non-hydrogen) atoms. The van der Waals surface area contributed by atoms with Crippen LogP contribution in [0.2, 0.25) is 0 Å². The number of benzene rings is 1. The van der Waals surface area contributed by atoms with Crippen LogP contribution in [0.3, 0.4) is 0 Å². The van der Waals surface area contributed by atoms with Crippen LogP contribution >= 0.6 is 22.6 Å². The van der Waals surface area contributed by atoms with Gasteiger partial charge >= 0.3 is 0 Å². The molecule has 0 spiro atoms. The summed E-state index contributed by atoms with van der Waals surface area (Å²) in [5.74, 6) is 1.52. The molecule has 2 unspecified atom stereocenters. The van der Waals surface area contributed by atoms with Crippen LogP contribution in [0.15, 0.2) is 24.3 Å². The van der Waals surface area contributed by atoms with Crippen molar-refractivity contribution in [3.05, 3.63) is 33.4 Å². The molecule has 2 atom stereocenters. The molecule has 1 aromatic rings. The van der Waals surface area contributed by atoms with Gasteiger partial charge in [-0.15, -0.1) is 0 Å². The Bertz CT molecular complexity index is 528. The fourth-order valence-electron chi connectivity index (χ4n) is 2.35. The highest BCUT2D eigenvalue weighted by Crippen LogP contribution is 2.42. The monoisotopic (exact) mass is 424 g/mol. The molecular weight excluding hydrogens is 403 g/mol. The van der Waals surface area contributed by atoms with Crippen LogP contribution in [-0.2, 0) is 25.7 Å². The molecule has 1 aliphatic rings. The van der Waals surface area contributed by atoms with Crippen molar-refractivity contribution < 1.29 is 8.42 Å². The molecule has 0 saturated carbocycles. The zero-order valence-electron chi connectivity index (χ0n) is 12.3. The Morgan fingerprint density at radius 1 is 1.10 bits per heavy atom. The van der Waals surface area contributed by atoms with Crippen molar-refractivity contribution in [2.24, 2.45) is 11.3 Å². The van der Waals surface area contributed by atoms with Gasteiger partial charge in [0.15, 0.2) is 0 Å². The maximum atomic E-state index is 12.8. The van der Waals surface area contributed by atoms with Gasteiger partial charge in [0, 0.05) is 36.7 Å². The van der Waals surface area contributed by atoms with E-state index in [1.165, 1.54) is 0 Å². The lowest BCUT2D eigenvalue weighted by Gasteiger charge is -2.41. The zero-order valence-corrected chi connectivity index (χ0v) is 16.1. The van der Waals surface area contributed by atoms with Gasteiger partial charge in [-0.05, 0) is 58.5 Å². The molecule has 0 aromatic heterocycles. The first-order valence-corrected chi connectivity index (χ1v) is 10.4. The average Bonchev–Trinajstić information content (AvgIpc) is 2.35. The van der Waals surface area contributed by atoms with E-state index in [0.29, 0.717) is 11.5 Å². The van der Waals surface area contributed by atoms with E-state index in [4.69, 9.17) is 0 Å². The number of halogens is 1. The highest BCUT2D eigenvalue weighted by Gasteiger charge is 2.47. The molecule has 1 saturated heterocycles. The minimum atomic E-state index is -1.11. The van der Waals surface area contributed by atoms with E-state index in [0.717, 1.165) is 9.13 Å². The first-order valence-electron chi connectivity index (χ1n) is 6.68. The second-order valence-corrected chi connectivity index (χ2v) is 11.7. The summed E-state index contributed by atoms with van der Waals surface area (Å²) >= 11 is 2.24. The SMILES string of the molecule is CC(C)(C)C1CS(=O)C(C)(c2ccc(I)cc2)S(=O)C1. The van der Waals surface area contributed by atoms with Crippen LogP contribution in [-0.4, -0.2) is 19.9 Å². The lowest BCUT2D eigenvalue weighted by atomic mass is 9.83. The second kappa shape index (κ2) is 5.80. The first kappa shape index (κ1) is 16.6. The van der Waals surface area contributed by atoms with Crippen LogP contribution in [0.5, 0.6) is 0 Å². The molecule has 2 nitrogen and oxygen atoms in total. The van der Waals surface area contributed by atoms with Crippen molar-refractivity contribution in [1.82, 2.24) is 0 Å². The van der Waals surface area contributed by atoms with Crippen molar-refractivity contribution in [2.75, 3.05) is 11.5 Å². The maximum Gasteiger partial charge on any atom is 0.142 e. The van der Waals surface area contributed by atoms with E-state index in [9.17, 15) is 8.42 Å². The Morgan fingerprint density at radius 3 is 1.95 bits per heavy atom. The summed E-state index contributed by atoms with van der Waals surface area (Å²) in [6.07, 6.45) is 0. The molecule has 1 fully saturated rings. The quantitative estimate of drug-likeness (QED) is 0.646. The number of hydrogen-bond donors (Lipinski definition) is 0. The molecule has 0 N–H and O–H groups in total. The normalized spacial score (nSPS) is 35.0. The highest BCUT2D eigenvalue weighted by molar-refractivity contribution is 14.1.